The van der Waals surface area contributed by atoms with Gasteiger partial charge < -0.3 is 9.64 Å². The Labute approximate surface area is 144 Å². The SMILES string of the molecule is CCOc1ncccc1C(=O)N1CCS[C@H](c2cccs2)CC1. The van der Waals surface area contributed by atoms with Crippen molar-refractivity contribution in [1.29, 1.82) is 0 Å². The van der Waals surface area contributed by atoms with Crippen LogP contribution in [-0.4, -0.2) is 41.2 Å². The Balaban J connectivity index is 1.71. The minimum atomic E-state index is 0.0222. The molecule has 122 valence electrons. The van der Waals surface area contributed by atoms with E-state index in [1.165, 1.54) is 4.88 Å². The summed E-state index contributed by atoms with van der Waals surface area (Å²) in [6, 6.07) is 7.87. The first-order valence-corrected chi connectivity index (χ1v) is 9.74. The first kappa shape index (κ1) is 16.3. The average Bonchev–Trinajstić information content (AvgIpc) is 3.00. The normalized spacial score (nSPS) is 18.5. The van der Waals surface area contributed by atoms with E-state index < -0.39 is 0 Å². The highest BCUT2D eigenvalue weighted by Crippen LogP contribution is 2.37. The molecule has 1 saturated heterocycles. The highest BCUT2D eigenvalue weighted by atomic mass is 32.2. The highest BCUT2D eigenvalue weighted by Gasteiger charge is 2.25. The predicted octanol–water partition coefficient (Wildman–Crippen LogP) is 3.86. The van der Waals surface area contributed by atoms with Crippen molar-refractivity contribution in [3.8, 4) is 5.88 Å². The molecule has 1 aliphatic heterocycles. The molecule has 3 heterocycles. The van der Waals surface area contributed by atoms with Gasteiger partial charge in [0.25, 0.3) is 5.91 Å². The molecular formula is C17H20N2O2S2. The molecule has 0 aliphatic carbocycles. The van der Waals surface area contributed by atoms with Crippen LogP contribution in [0.1, 0.15) is 33.8 Å². The largest absolute Gasteiger partial charge is 0.477 e. The Kier molecular flexibility index (Phi) is 5.56. The maximum absolute atomic E-state index is 12.8. The summed E-state index contributed by atoms with van der Waals surface area (Å²) in [5.74, 6) is 1.42. The summed E-state index contributed by atoms with van der Waals surface area (Å²) in [7, 11) is 0. The van der Waals surface area contributed by atoms with Gasteiger partial charge in [-0.15, -0.1) is 11.3 Å². The number of thiophene rings is 1. The molecule has 2 aromatic rings. The molecule has 0 radical (unpaired) electrons. The fraction of sp³-hybridized carbons (Fsp3) is 0.412. The fourth-order valence-electron chi connectivity index (χ4n) is 2.65. The molecule has 4 nitrogen and oxygen atoms in total. The van der Waals surface area contributed by atoms with Crippen LogP contribution in [0.25, 0.3) is 0 Å². The van der Waals surface area contributed by atoms with E-state index in [0.29, 0.717) is 23.3 Å². The molecule has 23 heavy (non-hydrogen) atoms. The van der Waals surface area contributed by atoms with E-state index in [1.54, 1.807) is 29.7 Å². The van der Waals surface area contributed by atoms with Crippen molar-refractivity contribution in [3.63, 3.8) is 0 Å². The highest BCUT2D eigenvalue weighted by molar-refractivity contribution is 7.99. The summed E-state index contributed by atoms with van der Waals surface area (Å²) in [6.07, 6.45) is 2.65. The summed E-state index contributed by atoms with van der Waals surface area (Å²) in [5, 5.41) is 2.61. The summed E-state index contributed by atoms with van der Waals surface area (Å²) in [5.41, 5.74) is 0.564. The molecule has 1 fully saturated rings. The topological polar surface area (TPSA) is 42.4 Å². The lowest BCUT2D eigenvalue weighted by Crippen LogP contribution is -2.33. The van der Waals surface area contributed by atoms with Crippen LogP contribution in [0.4, 0.5) is 0 Å². The summed E-state index contributed by atoms with van der Waals surface area (Å²) >= 11 is 3.74. The zero-order valence-electron chi connectivity index (χ0n) is 13.1. The quantitative estimate of drug-likeness (QED) is 0.841. The van der Waals surface area contributed by atoms with Crippen molar-refractivity contribution in [3.05, 3.63) is 46.3 Å². The van der Waals surface area contributed by atoms with E-state index in [9.17, 15) is 4.79 Å². The van der Waals surface area contributed by atoms with Crippen LogP contribution < -0.4 is 4.74 Å². The fourth-order valence-corrected chi connectivity index (χ4v) is 4.89. The van der Waals surface area contributed by atoms with Gasteiger partial charge in [0, 0.05) is 35.2 Å². The third-order valence-corrected chi connectivity index (χ3v) is 6.22. The second kappa shape index (κ2) is 7.84. The minimum absolute atomic E-state index is 0.0222. The summed E-state index contributed by atoms with van der Waals surface area (Å²) in [4.78, 5) is 20.4. The van der Waals surface area contributed by atoms with Crippen LogP contribution in [0.5, 0.6) is 5.88 Å². The average molecular weight is 348 g/mol. The molecular weight excluding hydrogens is 328 g/mol. The Morgan fingerprint density at radius 2 is 2.30 bits per heavy atom. The van der Waals surface area contributed by atoms with Crippen LogP contribution in [0.15, 0.2) is 35.8 Å². The molecule has 0 saturated carbocycles. The summed E-state index contributed by atoms with van der Waals surface area (Å²) in [6.45, 7) is 3.95. The van der Waals surface area contributed by atoms with E-state index in [4.69, 9.17) is 4.74 Å². The van der Waals surface area contributed by atoms with Crippen molar-refractivity contribution in [1.82, 2.24) is 9.88 Å². The Morgan fingerprint density at radius 3 is 3.09 bits per heavy atom. The lowest BCUT2D eigenvalue weighted by molar-refractivity contribution is 0.0761. The molecule has 0 bridgehead atoms. The lowest BCUT2D eigenvalue weighted by atomic mass is 10.2. The van der Waals surface area contributed by atoms with Crippen molar-refractivity contribution >= 4 is 29.0 Å². The Bertz CT molecular complexity index is 646. The first-order chi connectivity index (χ1) is 11.3. The molecule has 1 aliphatic rings. The first-order valence-electron chi connectivity index (χ1n) is 7.81. The van der Waals surface area contributed by atoms with Crippen LogP contribution >= 0.6 is 23.1 Å². The molecule has 1 amide bonds. The van der Waals surface area contributed by atoms with Gasteiger partial charge in [-0.3, -0.25) is 4.79 Å². The molecule has 6 heteroatoms. The third kappa shape index (κ3) is 3.87. The van der Waals surface area contributed by atoms with Crippen LogP contribution in [-0.2, 0) is 0 Å². The number of carbonyl (C=O) groups is 1. The molecule has 3 rings (SSSR count). The second-order valence-corrected chi connectivity index (χ2v) is 7.53. The van der Waals surface area contributed by atoms with E-state index >= 15 is 0 Å². The Hall–Kier alpha value is -1.53. The van der Waals surface area contributed by atoms with E-state index in [1.807, 2.05) is 23.6 Å². The summed E-state index contributed by atoms with van der Waals surface area (Å²) < 4.78 is 5.50. The van der Waals surface area contributed by atoms with Crippen molar-refractivity contribution in [2.75, 3.05) is 25.4 Å². The number of rotatable bonds is 4. The standard InChI is InChI=1S/C17H20N2O2S2/c1-2-21-16-13(5-3-8-18-16)17(20)19-9-7-15(23-12-10-19)14-6-4-11-22-14/h3-6,8,11,15H,2,7,9-10,12H2,1H3/t15-/m0/s1. The zero-order chi connectivity index (χ0) is 16.1. The predicted molar refractivity (Wildman–Crippen MR) is 95.4 cm³/mol. The number of ether oxygens (including phenoxy) is 1. The number of carbonyl (C=O) groups excluding carboxylic acids is 1. The second-order valence-electron chi connectivity index (χ2n) is 5.24. The van der Waals surface area contributed by atoms with Crippen LogP contribution in [0, 0.1) is 0 Å². The monoisotopic (exact) mass is 348 g/mol. The van der Waals surface area contributed by atoms with E-state index in [-0.39, 0.29) is 5.91 Å². The smallest absolute Gasteiger partial charge is 0.259 e. The van der Waals surface area contributed by atoms with Gasteiger partial charge in [-0.05, 0) is 36.9 Å². The molecule has 0 N–H and O–H groups in total. The van der Waals surface area contributed by atoms with Gasteiger partial charge in [0.1, 0.15) is 5.56 Å². The zero-order valence-corrected chi connectivity index (χ0v) is 14.7. The number of hydrogen-bond donors (Lipinski definition) is 0. The van der Waals surface area contributed by atoms with E-state index in [2.05, 4.69) is 22.5 Å². The molecule has 2 aromatic heterocycles. The number of pyridine rings is 1. The van der Waals surface area contributed by atoms with Crippen molar-refractivity contribution in [2.24, 2.45) is 0 Å². The van der Waals surface area contributed by atoms with Gasteiger partial charge >= 0.3 is 0 Å². The Morgan fingerprint density at radius 1 is 1.39 bits per heavy atom. The maximum atomic E-state index is 12.8. The van der Waals surface area contributed by atoms with Gasteiger partial charge in [0.2, 0.25) is 5.88 Å². The van der Waals surface area contributed by atoms with Crippen LogP contribution in [0.3, 0.4) is 0 Å². The van der Waals surface area contributed by atoms with Gasteiger partial charge in [0.15, 0.2) is 0 Å². The number of nitrogens with zero attached hydrogens (tertiary/aromatic N) is 2. The van der Waals surface area contributed by atoms with Crippen molar-refractivity contribution in [2.45, 2.75) is 18.6 Å². The maximum Gasteiger partial charge on any atom is 0.259 e. The van der Waals surface area contributed by atoms with Gasteiger partial charge in [0.05, 0.1) is 6.61 Å². The molecule has 0 aromatic carbocycles. The molecule has 0 unspecified atom stereocenters. The number of aromatic nitrogens is 1. The minimum Gasteiger partial charge on any atom is -0.477 e. The van der Waals surface area contributed by atoms with Gasteiger partial charge in [-0.25, -0.2) is 4.98 Å². The third-order valence-electron chi connectivity index (χ3n) is 3.77. The number of thioether (sulfide) groups is 1. The number of amides is 1. The number of hydrogen-bond acceptors (Lipinski definition) is 5. The van der Waals surface area contributed by atoms with E-state index in [0.717, 1.165) is 25.3 Å². The molecule has 1 atom stereocenters. The van der Waals surface area contributed by atoms with Crippen LogP contribution in [0.2, 0.25) is 0 Å². The molecule has 0 spiro atoms. The van der Waals surface area contributed by atoms with Gasteiger partial charge in [-0.2, -0.15) is 11.8 Å². The van der Waals surface area contributed by atoms with Crippen molar-refractivity contribution < 1.29 is 9.53 Å². The van der Waals surface area contributed by atoms with Gasteiger partial charge in [-0.1, -0.05) is 6.07 Å². The lowest BCUT2D eigenvalue weighted by Gasteiger charge is -2.21.